The van der Waals surface area contributed by atoms with E-state index < -0.39 is 36.0 Å². The molecular formula is C34H49N5O6. The predicted molar refractivity (Wildman–Crippen MR) is 171 cm³/mol. The van der Waals surface area contributed by atoms with E-state index in [4.69, 9.17) is 0 Å². The number of aromatic nitrogens is 1. The fraction of sp³-hybridized carbons (Fsp3) is 0.618. The van der Waals surface area contributed by atoms with E-state index in [1.165, 1.54) is 0 Å². The van der Waals surface area contributed by atoms with Gasteiger partial charge in [0.05, 0.1) is 5.52 Å². The third kappa shape index (κ3) is 8.31. The monoisotopic (exact) mass is 623 g/mol. The van der Waals surface area contributed by atoms with Crippen molar-refractivity contribution >= 4 is 40.3 Å². The highest BCUT2D eigenvalue weighted by molar-refractivity contribution is 5.98. The molecular weight excluding hydrogens is 574 g/mol. The lowest BCUT2D eigenvalue weighted by atomic mass is 9.93. The first-order chi connectivity index (χ1) is 21.7. The first-order valence-corrected chi connectivity index (χ1v) is 16.6. The molecule has 2 fully saturated rings. The molecule has 2 aromatic rings. The molecule has 2 saturated heterocycles. The Morgan fingerprint density at radius 3 is 2.42 bits per heavy atom. The number of rotatable bonds is 12. The number of nitrogens with zero attached hydrogens (tertiary/aromatic N) is 2. The lowest BCUT2D eigenvalue weighted by Crippen LogP contribution is -2.64. The summed E-state index contributed by atoms with van der Waals surface area (Å²) in [6.07, 6.45) is 7.92. The molecule has 4 N–H and O–H groups in total. The van der Waals surface area contributed by atoms with Gasteiger partial charge in [-0.1, -0.05) is 58.2 Å². The number of amides is 4. The molecule has 2 aliphatic rings. The molecule has 45 heavy (non-hydrogen) atoms. The molecule has 0 aliphatic carbocycles. The Kier molecular flexibility index (Phi) is 12.2. The van der Waals surface area contributed by atoms with Gasteiger partial charge in [-0.2, -0.15) is 0 Å². The van der Waals surface area contributed by atoms with Crippen molar-refractivity contribution in [1.82, 2.24) is 25.4 Å². The Bertz CT molecular complexity index is 1370. The van der Waals surface area contributed by atoms with Crippen LogP contribution in [0.25, 0.3) is 10.9 Å². The topological polar surface area (TPSA) is 150 Å². The molecule has 1 aromatic carbocycles. The summed E-state index contributed by atoms with van der Waals surface area (Å²) in [7, 11) is 0. The Morgan fingerprint density at radius 2 is 1.69 bits per heavy atom. The van der Waals surface area contributed by atoms with Gasteiger partial charge < -0.3 is 30.5 Å². The number of hydrogen-bond acceptors (Lipinski definition) is 6. The van der Waals surface area contributed by atoms with Gasteiger partial charge in [0.25, 0.3) is 0 Å². The van der Waals surface area contributed by atoms with Crippen molar-refractivity contribution in [2.45, 2.75) is 122 Å². The molecule has 0 saturated carbocycles. The Morgan fingerprint density at radius 1 is 0.956 bits per heavy atom. The summed E-state index contributed by atoms with van der Waals surface area (Å²) in [6.45, 7) is 5.85. The summed E-state index contributed by atoms with van der Waals surface area (Å²) >= 11 is 0. The third-order valence-corrected chi connectivity index (χ3v) is 9.42. The summed E-state index contributed by atoms with van der Waals surface area (Å²) in [4.78, 5) is 69.0. The number of carbonyl (C=O) groups excluding carboxylic acids is 5. The number of aliphatic hydroxyl groups is 1. The number of benzene rings is 1. The number of Topliss-reactive ketones (excluding diaryl/α,β-unsaturated/α-hetero) is 1. The molecule has 0 bridgehead atoms. The maximum Gasteiger partial charge on any atom is 0.246 e. The Balaban J connectivity index is 1.66. The van der Waals surface area contributed by atoms with Crippen LogP contribution in [0, 0.1) is 5.92 Å². The molecule has 5 atom stereocenters. The first-order valence-electron chi connectivity index (χ1n) is 16.6. The molecule has 1 unspecified atom stereocenters. The summed E-state index contributed by atoms with van der Waals surface area (Å²) in [5.41, 5.74) is 1.56. The summed E-state index contributed by atoms with van der Waals surface area (Å²) in [6, 6.07) is 4.01. The van der Waals surface area contributed by atoms with Gasteiger partial charge >= 0.3 is 0 Å². The normalized spacial score (nSPS) is 23.8. The van der Waals surface area contributed by atoms with Crippen LogP contribution in [-0.2, 0) is 37.1 Å². The van der Waals surface area contributed by atoms with Crippen molar-refractivity contribution in [2.75, 3.05) is 6.54 Å². The summed E-state index contributed by atoms with van der Waals surface area (Å²) in [5.74, 6) is -1.58. The lowest BCUT2D eigenvalue weighted by molar-refractivity contribution is -0.147. The second-order valence-corrected chi connectivity index (χ2v) is 12.5. The first kappa shape index (κ1) is 34.1. The van der Waals surface area contributed by atoms with Crippen molar-refractivity contribution in [2.24, 2.45) is 5.92 Å². The van der Waals surface area contributed by atoms with Gasteiger partial charge in [-0.25, -0.2) is 0 Å². The predicted octanol–water partition coefficient (Wildman–Crippen LogP) is 2.96. The standard InChI is InChI=1S/C34H49N5O6/c1-4-22(3)30-34(45)39-18-12-11-17-29(39)33(44)35-26(15-8-6-7-13-24(41)5-2)31(42)36-27(32(43)37-30)19-23-20-38(21-40)28-16-10-9-14-25(23)28/h9-10,14,16,20,22,26-27,29-30,40H,4-8,11-13,15,17-19,21H2,1-3H3,(H,35,44)(H,36,42)(H,37,43)/t22?,26-,27-,29+,30-/m0/s1. The van der Waals surface area contributed by atoms with Crippen molar-refractivity contribution in [3.8, 4) is 0 Å². The zero-order chi connectivity index (χ0) is 32.5. The van der Waals surface area contributed by atoms with Crippen molar-refractivity contribution in [3.63, 3.8) is 0 Å². The number of para-hydroxylation sites is 1. The number of carbonyl (C=O) groups is 5. The van der Waals surface area contributed by atoms with Crippen LogP contribution < -0.4 is 16.0 Å². The maximum absolute atomic E-state index is 14.0. The molecule has 1 aromatic heterocycles. The van der Waals surface area contributed by atoms with E-state index in [2.05, 4.69) is 16.0 Å². The van der Waals surface area contributed by atoms with Gasteiger partial charge in [0.2, 0.25) is 23.6 Å². The van der Waals surface area contributed by atoms with Crippen LogP contribution in [0.3, 0.4) is 0 Å². The van der Waals surface area contributed by atoms with Gasteiger partial charge in [-0.05, 0) is 49.7 Å². The number of nitrogens with one attached hydrogen (secondary N) is 3. The minimum absolute atomic E-state index is 0.124. The quantitative estimate of drug-likeness (QED) is 0.267. The van der Waals surface area contributed by atoms with Crippen molar-refractivity contribution in [3.05, 3.63) is 36.0 Å². The van der Waals surface area contributed by atoms with E-state index >= 15 is 0 Å². The number of fused-ring (bicyclic) bond motifs is 2. The largest absolute Gasteiger partial charge is 0.376 e. The second-order valence-electron chi connectivity index (χ2n) is 12.5. The third-order valence-electron chi connectivity index (χ3n) is 9.42. The van der Waals surface area contributed by atoms with E-state index in [0.717, 1.165) is 35.7 Å². The van der Waals surface area contributed by atoms with E-state index in [1.54, 1.807) is 15.7 Å². The molecule has 11 nitrogen and oxygen atoms in total. The van der Waals surface area contributed by atoms with Crippen LogP contribution in [0.1, 0.15) is 90.5 Å². The van der Waals surface area contributed by atoms with Crippen molar-refractivity contribution in [1.29, 1.82) is 0 Å². The van der Waals surface area contributed by atoms with Gasteiger partial charge in [0.15, 0.2) is 0 Å². The van der Waals surface area contributed by atoms with Gasteiger partial charge in [0.1, 0.15) is 36.7 Å². The minimum atomic E-state index is -1.03. The highest BCUT2D eigenvalue weighted by Gasteiger charge is 2.40. The number of ketones is 1. The second kappa shape index (κ2) is 16.0. The average Bonchev–Trinajstić information content (AvgIpc) is 3.41. The average molecular weight is 624 g/mol. The SMILES string of the molecule is CCC(=O)CCCCC[C@@H]1NC(=O)[C@H]2CCCCN2C(=O)[C@H](C(C)CC)NC(=O)[C@H](Cc2cn(CO)c3ccccc23)NC1=O. The van der Waals surface area contributed by atoms with Crippen LogP contribution in [0.4, 0.5) is 0 Å². The molecule has 2 aliphatic heterocycles. The number of hydrogen-bond donors (Lipinski definition) is 4. The summed E-state index contributed by atoms with van der Waals surface area (Å²) < 4.78 is 1.67. The number of piperidine rings is 1. The van der Waals surface area contributed by atoms with Crippen LogP contribution in [-0.4, -0.2) is 74.7 Å². The van der Waals surface area contributed by atoms with Crippen LogP contribution in [0.2, 0.25) is 0 Å². The molecule has 3 heterocycles. The van der Waals surface area contributed by atoms with E-state index in [-0.39, 0.29) is 36.7 Å². The van der Waals surface area contributed by atoms with E-state index in [1.807, 2.05) is 45.0 Å². The smallest absolute Gasteiger partial charge is 0.246 e. The molecule has 0 radical (unpaired) electrons. The van der Waals surface area contributed by atoms with Gasteiger partial charge in [-0.15, -0.1) is 0 Å². The maximum atomic E-state index is 14.0. The van der Waals surface area contributed by atoms with E-state index in [9.17, 15) is 29.1 Å². The highest BCUT2D eigenvalue weighted by Crippen LogP contribution is 2.25. The molecule has 11 heteroatoms. The highest BCUT2D eigenvalue weighted by atomic mass is 16.3. The van der Waals surface area contributed by atoms with Crippen LogP contribution >= 0.6 is 0 Å². The fourth-order valence-corrected chi connectivity index (χ4v) is 6.45. The number of unbranched alkanes of at least 4 members (excludes halogenated alkanes) is 2. The number of aliphatic hydroxyl groups excluding tert-OH is 1. The van der Waals surface area contributed by atoms with Crippen molar-refractivity contribution < 1.29 is 29.1 Å². The van der Waals surface area contributed by atoms with Crippen LogP contribution in [0.15, 0.2) is 30.5 Å². The van der Waals surface area contributed by atoms with Gasteiger partial charge in [-0.3, -0.25) is 24.0 Å². The fourth-order valence-electron chi connectivity index (χ4n) is 6.45. The molecule has 4 amide bonds. The lowest BCUT2D eigenvalue weighted by Gasteiger charge is -2.39. The zero-order valence-electron chi connectivity index (χ0n) is 26.8. The summed E-state index contributed by atoms with van der Waals surface area (Å²) in [5, 5.41) is 19.6. The molecule has 0 spiro atoms. The van der Waals surface area contributed by atoms with Gasteiger partial charge in [0, 0.05) is 37.4 Å². The van der Waals surface area contributed by atoms with Crippen LogP contribution in [0.5, 0.6) is 0 Å². The molecule has 246 valence electrons. The minimum Gasteiger partial charge on any atom is -0.376 e. The van der Waals surface area contributed by atoms with E-state index in [0.29, 0.717) is 51.5 Å². The molecule has 4 rings (SSSR count). The zero-order valence-corrected chi connectivity index (χ0v) is 26.8. The Hall–Kier alpha value is -3.73. The Labute approximate surface area is 265 Å².